The molecule has 3 N–H and O–H groups in total. The summed E-state index contributed by atoms with van der Waals surface area (Å²) in [7, 11) is 1.66. The van der Waals surface area contributed by atoms with Gasteiger partial charge >= 0.3 is 0 Å². The van der Waals surface area contributed by atoms with Gasteiger partial charge in [-0.3, -0.25) is 4.79 Å². The van der Waals surface area contributed by atoms with Crippen LogP contribution in [0.5, 0.6) is 5.75 Å². The molecule has 0 radical (unpaired) electrons. The van der Waals surface area contributed by atoms with Gasteiger partial charge in [0.15, 0.2) is 0 Å². The summed E-state index contributed by atoms with van der Waals surface area (Å²) in [5.41, 5.74) is 10.2. The van der Waals surface area contributed by atoms with Crippen LogP contribution >= 0.6 is 12.4 Å². The zero-order valence-electron chi connectivity index (χ0n) is 15.3. The van der Waals surface area contributed by atoms with E-state index in [0.717, 1.165) is 36.3 Å². The fourth-order valence-electron chi connectivity index (χ4n) is 3.70. The largest absolute Gasteiger partial charge is 0.496 e. The fraction of sp³-hybridized carbons (Fsp3) is 0.381. The van der Waals surface area contributed by atoms with E-state index in [2.05, 4.69) is 18.3 Å². The van der Waals surface area contributed by atoms with E-state index in [1.807, 2.05) is 36.4 Å². The Labute approximate surface area is 161 Å². The van der Waals surface area contributed by atoms with Gasteiger partial charge < -0.3 is 15.8 Å². The summed E-state index contributed by atoms with van der Waals surface area (Å²) in [5.74, 6) is 1.01. The molecule has 5 heteroatoms. The Balaban J connectivity index is 0.00000243. The van der Waals surface area contributed by atoms with Gasteiger partial charge in [-0.2, -0.15) is 0 Å². The highest BCUT2D eigenvalue weighted by Gasteiger charge is 2.23. The van der Waals surface area contributed by atoms with Crippen molar-refractivity contribution >= 4 is 24.0 Å². The normalized spacial score (nSPS) is 16.8. The maximum Gasteiger partial charge on any atom is 0.221 e. The number of carbonyl (C=O) groups is 1. The van der Waals surface area contributed by atoms with E-state index in [-0.39, 0.29) is 30.3 Å². The van der Waals surface area contributed by atoms with Gasteiger partial charge in [-0.1, -0.05) is 31.2 Å². The van der Waals surface area contributed by atoms with Crippen molar-refractivity contribution < 1.29 is 9.53 Å². The number of nitrogens with one attached hydrogen (secondary N) is 1. The lowest BCUT2D eigenvalue weighted by molar-refractivity contribution is -0.122. The topological polar surface area (TPSA) is 64.3 Å². The number of nitrogens with two attached hydrogens (primary N) is 1. The lowest BCUT2D eigenvalue weighted by Crippen LogP contribution is -2.31. The number of anilines is 1. The molecule has 2 aromatic carbocycles. The molecule has 0 saturated heterocycles. The van der Waals surface area contributed by atoms with Crippen molar-refractivity contribution in [3.8, 4) is 5.75 Å². The number of carbonyl (C=O) groups excluding carboxylic acids is 1. The zero-order chi connectivity index (χ0) is 17.8. The highest BCUT2D eigenvalue weighted by molar-refractivity contribution is 5.85. The van der Waals surface area contributed by atoms with E-state index in [4.69, 9.17) is 10.5 Å². The monoisotopic (exact) mass is 374 g/mol. The Morgan fingerprint density at radius 1 is 1.31 bits per heavy atom. The summed E-state index contributed by atoms with van der Waals surface area (Å²) in [6.07, 6.45) is 3.53. The molecule has 1 aliphatic rings. The van der Waals surface area contributed by atoms with Gasteiger partial charge in [0, 0.05) is 12.1 Å². The molecule has 4 nitrogen and oxygen atoms in total. The molecule has 2 unspecified atom stereocenters. The fourth-order valence-corrected chi connectivity index (χ4v) is 3.70. The molecule has 3 rings (SSSR count). The Hall–Kier alpha value is -2.20. The van der Waals surface area contributed by atoms with Crippen molar-refractivity contribution in [1.82, 2.24) is 5.32 Å². The van der Waals surface area contributed by atoms with Crippen LogP contribution in [0, 0.1) is 0 Å². The van der Waals surface area contributed by atoms with Crippen molar-refractivity contribution in [2.24, 2.45) is 0 Å². The number of ether oxygens (including phenoxy) is 1. The van der Waals surface area contributed by atoms with Gasteiger partial charge in [-0.25, -0.2) is 0 Å². The van der Waals surface area contributed by atoms with Crippen molar-refractivity contribution in [1.29, 1.82) is 0 Å². The summed E-state index contributed by atoms with van der Waals surface area (Å²) in [4.78, 5) is 12.6. The molecule has 0 spiro atoms. The smallest absolute Gasteiger partial charge is 0.221 e. The first-order chi connectivity index (χ1) is 12.1. The molecule has 140 valence electrons. The minimum Gasteiger partial charge on any atom is -0.496 e. The third kappa shape index (κ3) is 4.50. The average Bonchev–Trinajstić information content (AvgIpc) is 2.61. The molecule has 0 fully saturated rings. The SMILES string of the molecule is COc1ccccc1C(C)CC(=O)NC1CCCc2cc(N)ccc21.Cl. The second kappa shape index (κ2) is 8.95. The van der Waals surface area contributed by atoms with Crippen LogP contribution in [0.2, 0.25) is 0 Å². The highest BCUT2D eigenvalue weighted by atomic mass is 35.5. The Bertz CT molecular complexity index is 763. The molecule has 0 saturated carbocycles. The van der Waals surface area contributed by atoms with Crippen LogP contribution < -0.4 is 15.8 Å². The number of para-hydroxylation sites is 1. The number of rotatable bonds is 5. The van der Waals surface area contributed by atoms with Crippen LogP contribution in [-0.4, -0.2) is 13.0 Å². The summed E-state index contributed by atoms with van der Waals surface area (Å²) < 4.78 is 5.41. The third-order valence-electron chi connectivity index (χ3n) is 4.98. The van der Waals surface area contributed by atoms with Crippen molar-refractivity contribution in [2.45, 2.75) is 44.6 Å². The minimum absolute atomic E-state index is 0. The van der Waals surface area contributed by atoms with E-state index >= 15 is 0 Å². The number of amides is 1. The Morgan fingerprint density at radius 2 is 2.08 bits per heavy atom. The molecule has 26 heavy (non-hydrogen) atoms. The van der Waals surface area contributed by atoms with Gasteiger partial charge in [0.2, 0.25) is 5.91 Å². The summed E-state index contributed by atoms with van der Waals surface area (Å²) in [6, 6.07) is 14.0. The van der Waals surface area contributed by atoms with Crippen molar-refractivity contribution in [3.05, 3.63) is 59.2 Å². The van der Waals surface area contributed by atoms with Gasteiger partial charge in [-0.05, 0) is 60.1 Å². The van der Waals surface area contributed by atoms with Crippen molar-refractivity contribution in [2.75, 3.05) is 12.8 Å². The highest BCUT2D eigenvalue weighted by Crippen LogP contribution is 2.32. The van der Waals surface area contributed by atoms with Crippen LogP contribution in [0.1, 0.15) is 54.8 Å². The molecule has 2 aromatic rings. The quantitative estimate of drug-likeness (QED) is 0.763. The van der Waals surface area contributed by atoms with Crippen LogP contribution in [0.4, 0.5) is 5.69 Å². The van der Waals surface area contributed by atoms with Crippen LogP contribution in [-0.2, 0) is 11.2 Å². The van der Waals surface area contributed by atoms with Gasteiger partial charge in [0.05, 0.1) is 13.2 Å². The molecular formula is C21H27ClN2O2. The number of hydrogen-bond donors (Lipinski definition) is 2. The van der Waals surface area contributed by atoms with Gasteiger partial charge in [-0.15, -0.1) is 12.4 Å². The molecule has 1 amide bonds. The van der Waals surface area contributed by atoms with Crippen molar-refractivity contribution in [3.63, 3.8) is 0 Å². The third-order valence-corrected chi connectivity index (χ3v) is 4.98. The predicted octanol–water partition coefficient (Wildman–Crippen LogP) is 4.39. The molecule has 0 aromatic heterocycles. The molecule has 0 bridgehead atoms. The maximum absolute atomic E-state index is 12.6. The number of aryl methyl sites for hydroxylation is 1. The van der Waals surface area contributed by atoms with E-state index < -0.39 is 0 Å². The first-order valence-electron chi connectivity index (χ1n) is 8.89. The number of hydrogen-bond acceptors (Lipinski definition) is 3. The first kappa shape index (κ1) is 20.1. The predicted molar refractivity (Wildman–Crippen MR) is 108 cm³/mol. The zero-order valence-corrected chi connectivity index (χ0v) is 16.1. The summed E-state index contributed by atoms with van der Waals surface area (Å²) in [6.45, 7) is 2.06. The van der Waals surface area contributed by atoms with Crippen LogP contribution in [0.25, 0.3) is 0 Å². The van der Waals surface area contributed by atoms with Crippen LogP contribution in [0.3, 0.4) is 0 Å². The maximum atomic E-state index is 12.6. The minimum atomic E-state index is 0. The Morgan fingerprint density at radius 3 is 2.85 bits per heavy atom. The molecule has 0 aliphatic heterocycles. The number of fused-ring (bicyclic) bond motifs is 1. The first-order valence-corrected chi connectivity index (χ1v) is 8.89. The molecular weight excluding hydrogens is 348 g/mol. The van der Waals surface area contributed by atoms with E-state index in [9.17, 15) is 4.79 Å². The lowest BCUT2D eigenvalue weighted by atomic mass is 9.87. The Kier molecular flexibility index (Phi) is 6.92. The van der Waals surface area contributed by atoms with Crippen LogP contribution in [0.15, 0.2) is 42.5 Å². The molecule has 1 aliphatic carbocycles. The average molecular weight is 375 g/mol. The number of methoxy groups -OCH3 is 1. The number of halogens is 1. The molecule has 0 heterocycles. The molecule has 2 atom stereocenters. The van der Waals surface area contributed by atoms with Gasteiger partial charge in [0.25, 0.3) is 0 Å². The summed E-state index contributed by atoms with van der Waals surface area (Å²) in [5, 5.41) is 3.21. The second-order valence-electron chi connectivity index (χ2n) is 6.82. The van der Waals surface area contributed by atoms with E-state index in [0.29, 0.717) is 6.42 Å². The summed E-state index contributed by atoms with van der Waals surface area (Å²) >= 11 is 0. The van der Waals surface area contributed by atoms with E-state index in [1.54, 1.807) is 7.11 Å². The standard InChI is InChI=1S/C21H26N2O2.ClH/c1-14(17-7-3-4-9-20(17)25-2)12-21(24)23-19-8-5-6-15-13-16(22)10-11-18(15)19;/h3-4,7,9-11,13-14,19H,5-6,8,12,22H2,1-2H3,(H,23,24);1H. The van der Waals surface area contributed by atoms with E-state index in [1.165, 1.54) is 11.1 Å². The lowest BCUT2D eigenvalue weighted by Gasteiger charge is -2.27. The number of benzene rings is 2. The second-order valence-corrected chi connectivity index (χ2v) is 6.82. The number of nitrogen functional groups attached to an aromatic ring is 1. The van der Waals surface area contributed by atoms with Gasteiger partial charge in [0.1, 0.15) is 5.75 Å².